The Morgan fingerprint density at radius 3 is 1.92 bits per heavy atom. The second-order valence-electron chi connectivity index (χ2n) is 8.70. The molecule has 4 rings (SSSR count). The van der Waals surface area contributed by atoms with Crippen molar-refractivity contribution in [3.05, 3.63) is 124 Å². The third kappa shape index (κ3) is 5.22. The zero-order valence-electron chi connectivity index (χ0n) is 20.3. The number of para-hydroxylation sites is 1. The largest absolute Gasteiger partial charge is 0.378 e. The number of sulfonamides is 1. The number of hydrogen-bond acceptors (Lipinski definition) is 4. The molecule has 0 unspecified atom stereocenters. The van der Waals surface area contributed by atoms with E-state index in [4.69, 9.17) is 0 Å². The van der Waals surface area contributed by atoms with Crippen LogP contribution in [0.15, 0.2) is 112 Å². The Hall–Kier alpha value is -3.42. The molecule has 0 spiro atoms. The van der Waals surface area contributed by atoms with Crippen LogP contribution in [0.2, 0.25) is 0 Å². The van der Waals surface area contributed by atoms with Crippen LogP contribution < -0.4 is 9.21 Å². The van der Waals surface area contributed by atoms with Crippen molar-refractivity contribution in [3.8, 4) is 0 Å². The molecule has 0 fully saturated rings. The summed E-state index contributed by atoms with van der Waals surface area (Å²) in [4.78, 5) is 16.4. The van der Waals surface area contributed by atoms with E-state index in [1.54, 1.807) is 42.5 Å². The fourth-order valence-corrected chi connectivity index (χ4v) is 6.04. The number of nitrogens with zero attached hydrogens (tertiary/aromatic N) is 2. The lowest BCUT2D eigenvalue weighted by Crippen LogP contribution is -2.40. The second-order valence-corrected chi connectivity index (χ2v) is 11.3. The first kappa shape index (κ1) is 25.7. The van der Waals surface area contributed by atoms with Gasteiger partial charge in [0.05, 0.1) is 16.5 Å². The van der Waals surface area contributed by atoms with Crippen LogP contribution in [-0.4, -0.2) is 28.4 Å². The van der Waals surface area contributed by atoms with Gasteiger partial charge in [-0.2, -0.15) is 0 Å². The standard InChI is InChI=1S/C29H27BrN2O3S/c1-21-14-17-25(18-15-21)36(34,35)32(23-12-8-5-9-13-23)29(33)28(22-10-6-4-7-11-22)26-19-16-24(31(2)3)20-27(26)30/h4-20,28H,1-3H3/t28-/m0/s1. The number of carbonyl (C=O) groups excluding carboxylic acids is 1. The summed E-state index contributed by atoms with van der Waals surface area (Å²) >= 11 is 3.64. The first-order valence-electron chi connectivity index (χ1n) is 11.4. The summed E-state index contributed by atoms with van der Waals surface area (Å²) in [6.07, 6.45) is 0. The van der Waals surface area contributed by atoms with E-state index in [0.29, 0.717) is 11.1 Å². The summed E-state index contributed by atoms with van der Waals surface area (Å²) in [6.45, 7) is 1.89. The van der Waals surface area contributed by atoms with Crippen molar-refractivity contribution < 1.29 is 13.2 Å². The normalized spacial score (nSPS) is 12.1. The van der Waals surface area contributed by atoms with E-state index < -0.39 is 21.8 Å². The summed E-state index contributed by atoms with van der Waals surface area (Å²) < 4.78 is 29.6. The molecule has 4 aromatic carbocycles. The van der Waals surface area contributed by atoms with Gasteiger partial charge in [0.2, 0.25) is 0 Å². The maximum absolute atomic E-state index is 14.4. The van der Waals surface area contributed by atoms with Gasteiger partial charge >= 0.3 is 0 Å². The van der Waals surface area contributed by atoms with E-state index in [-0.39, 0.29) is 10.6 Å². The summed E-state index contributed by atoms with van der Waals surface area (Å²) in [6, 6.07) is 30.0. The number of halogens is 1. The van der Waals surface area contributed by atoms with E-state index in [1.165, 1.54) is 12.1 Å². The summed E-state index contributed by atoms with van der Waals surface area (Å²) in [7, 11) is -0.331. The molecule has 0 aliphatic heterocycles. The Bertz CT molecular complexity index is 1460. The molecule has 36 heavy (non-hydrogen) atoms. The first-order valence-corrected chi connectivity index (χ1v) is 13.7. The maximum Gasteiger partial charge on any atom is 0.270 e. The lowest BCUT2D eigenvalue weighted by atomic mass is 9.90. The zero-order valence-corrected chi connectivity index (χ0v) is 22.7. The predicted molar refractivity (Wildman–Crippen MR) is 149 cm³/mol. The third-order valence-electron chi connectivity index (χ3n) is 5.94. The second kappa shape index (κ2) is 10.7. The number of rotatable bonds is 7. The lowest BCUT2D eigenvalue weighted by Gasteiger charge is -2.28. The quantitative estimate of drug-likeness (QED) is 0.262. The average molecular weight is 564 g/mol. The Labute approximate surface area is 221 Å². The third-order valence-corrected chi connectivity index (χ3v) is 8.37. The van der Waals surface area contributed by atoms with Crippen LogP contribution in [0.25, 0.3) is 0 Å². The SMILES string of the molecule is Cc1ccc(S(=O)(=O)N(C(=O)[C@@H](c2ccccc2)c2ccc(N(C)C)cc2Br)c2ccccc2)cc1. The van der Waals surface area contributed by atoms with E-state index >= 15 is 0 Å². The van der Waals surface area contributed by atoms with Crippen molar-refractivity contribution in [1.82, 2.24) is 0 Å². The van der Waals surface area contributed by atoms with Gasteiger partial charge in [-0.25, -0.2) is 12.7 Å². The van der Waals surface area contributed by atoms with Crippen molar-refractivity contribution in [1.29, 1.82) is 0 Å². The summed E-state index contributed by atoms with van der Waals surface area (Å²) in [5, 5.41) is 0. The van der Waals surface area contributed by atoms with Crippen molar-refractivity contribution >= 4 is 43.2 Å². The molecule has 0 saturated carbocycles. The molecule has 0 saturated heterocycles. The number of carbonyl (C=O) groups is 1. The highest BCUT2D eigenvalue weighted by molar-refractivity contribution is 9.10. The van der Waals surface area contributed by atoms with Gasteiger partial charge in [-0.15, -0.1) is 0 Å². The molecule has 184 valence electrons. The van der Waals surface area contributed by atoms with E-state index in [2.05, 4.69) is 15.9 Å². The summed E-state index contributed by atoms with van der Waals surface area (Å²) in [5.74, 6) is -1.43. The Morgan fingerprint density at radius 2 is 1.36 bits per heavy atom. The van der Waals surface area contributed by atoms with Crippen LogP contribution in [0.5, 0.6) is 0 Å². The van der Waals surface area contributed by atoms with Gasteiger partial charge in [0.25, 0.3) is 15.9 Å². The molecule has 0 aliphatic carbocycles. The molecule has 0 aliphatic rings. The van der Waals surface area contributed by atoms with Gasteiger partial charge in [-0.1, -0.05) is 88.2 Å². The van der Waals surface area contributed by atoms with Gasteiger partial charge in [-0.05, 0) is 54.4 Å². The number of amides is 1. The predicted octanol–water partition coefficient (Wildman–Crippen LogP) is 6.38. The van der Waals surface area contributed by atoms with Crippen LogP contribution in [-0.2, 0) is 14.8 Å². The van der Waals surface area contributed by atoms with Crippen LogP contribution in [0.1, 0.15) is 22.6 Å². The fourth-order valence-electron chi connectivity index (χ4n) is 4.01. The molecule has 0 aromatic heterocycles. The van der Waals surface area contributed by atoms with Crippen LogP contribution in [0.3, 0.4) is 0 Å². The van der Waals surface area contributed by atoms with Gasteiger partial charge in [0.1, 0.15) is 0 Å². The molecule has 1 amide bonds. The van der Waals surface area contributed by atoms with Crippen molar-refractivity contribution in [2.24, 2.45) is 0 Å². The van der Waals surface area contributed by atoms with Crippen molar-refractivity contribution in [2.45, 2.75) is 17.7 Å². The molecule has 0 N–H and O–H groups in total. The highest BCUT2D eigenvalue weighted by Gasteiger charge is 2.37. The molecule has 0 bridgehead atoms. The van der Waals surface area contributed by atoms with E-state index in [1.807, 2.05) is 74.4 Å². The van der Waals surface area contributed by atoms with Crippen molar-refractivity contribution in [2.75, 3.05) is 23.3 Å². The van der Waals surface area contributed by atoms with E-state index in [0.717, 1.165) is 20.0 Å². The van der Waals surface area contributed by atoms with Crippen molar-refractivity contribution in [3.63, 3.8) is 0 Å². The molecule has 4 aromatic rings. The molecular formula is C29H27BrN2O3S. The first-order chi connectivity index (χ1) is 17.2. The lowest BCUT2D eigenvalue weighted by molar-refractivity contribution is -0.118. The zero-order chi connectivity index (χ0) is 25.9. The summed E-state index contributed by atoms with van der Waals surface area (Å²) in [5.41, 5.74) is 3.54. The number of aryl methyl sites for hydroxylation is 1. The highest BCUT2D eigenvalue weighted by atomic mass is 79.9. The van der Waals surface area contributed by atoms with Crippen LogP contribution in [0.4, 0.5) is 11.4 Å². The van der Waals surface area contributed by atoms with Gasteiger partial charge in [0, 0.05) is 24.3 Å². The number of hydrogen-bond donors (Lipinski definition) is 0. The monoisotopic (exact) mass is 562 g/mol. The minimum atomic E-state index is -4.21. The smallest absolute Gasteiger partial charge is 0.270 e. The molecule has 0 radical (unpaired) electrons. The molecule has 5 nitrogen and oxygen atoms in total. The van der Waals surface area contributed by atoms with Gasteiger partial charge < -0.3 is 4.90 Å². The number of benzene rings is 4. The Balaban J connectivity index is 1.92. The van der Waals surface area contributed by atoms with E-state index in [9.17, 15) is 13.2 Å². The number of anilines is 2. The molecule has 7 heteroatoms. The minimum absolute atomic E-state index is 0.0548. The molecule has 1 atom stereocenters. The topological polar surface area (TPSA) is 57.7 Å². The van der Waals surface area contributed by atoms with Crippen LogP contribution in [0, 0.1) is 6.92 Å². The molecular weight excluding hydrogens is 536 g/mol. The van der Waals surface area contributed by atoms with Crippen LogP contribution >= 0.6 is 15.9 Å². The maximum atomic E-state index is 14.4. The van der Waals surface area contributed by atoms with Gasteiger partial charge in [0.15, 0.2) is 0 Å². The van der Waals surface area contributed by atoms with Gasteiger partial charge in [-0.3, -0.25) is 4.79 Å². The fraction of sp³-hybridized carbons (Fsp3) is 0.138. The average Bonchev–Trinajstić information content (AvgIpc) is 2.86. The highest BCUT2D eigenvalue weighted by Crippen LogP contribution is 2.37. The minimum Gasteiger partial charge on any atom is -0.378 e. The Kier molecular flexibility index (Phi) is 7.62. The Morgan fingerprint density at radius 1 is 0.778 bits per heavy atom. The molecule has 0 heterocycles.